The molecular weight excluding hydrogens is 328 g/mol. The van der Waals surface area contributed by atoms with E-state index in [0.717, 1.165) is 29.3 Å². The SMILES string of the molecule is Cc1ccc(CCC(=O)NCCOC(=O)c2ccc(F)c(F)c2)cc1. The summed E-state index contributed by atoms with van der Waals surface area (Å²) >= 11 is 0. The molecule has 25 heavy (non-hydrogen) atoms. The molecule has 132 valence electrons. The number of nitrogens with one attached hydrogen (secondary N) is 1. The quantitative estimate of drug-likeness (QED) is 0.618. The van der Waals surface area contributed by atoms with Gasteiger partial charge in [0.25, 0.3) is 0 Å². The molecule has 1 amide bonds. The Labute approximate surface area is 144 Å². The molecule has 6 heteroatoms. The van der Waals surface area contributed by atoms with Crippen molar-refractivity contribution in [1.82, 2.24) is 5.32 Å². The molecule has 0 bridgehead atoms. The predicted octanol–water partition coefficient (Wildman–Crippen LogP) is 3.18. The highest BCUT2D eigenvalue weighted by Crippen LogP contribution is 2.09. The molecule has 0 spiro atoms. The lowest BCUT2D eigenvalue weighted by Crippen LogP contribution is -2.28. The van der Waals surface area contributed by atoms with E-state index < -0.39 is 17.6 Å². The third-order valence-corrected chi connectivity index (χ3v) is 3.57. The van der Waals surface area contributed by atoms with Gasteiger partial charge in [0.2, 0.25) is 5.91 Å². The molecule has 0 heterocycles. The van der Waals surface area contributed by atoms with Gasteiger partial charge in [0.1, 0.15) is 6.61 Å². The van der Waals surface area contributed by atoms with Crippen molar-refractivity contribution in [3.8, 4) is 0 Å². The van der Waals surface area contributed by atoms with Crippen LogP contribution in [0.15, 0.2) is 42.5 Å². The highest BCUT2D eigenvalue weighted by molar-refractivity contribution is 5.89. The molecule has 0 atom stereocenters. The summed E-state index contributed by atoms with van der Waals surface area (Å²) in [7, 11) is 0. The lowest BCUT2D eigenvalue weighted by Gasteiger charge is -2.07. The Morgan fingerprint density at radius 3 is 2.44 bits per heavy atom. The van der Waals surface area contributed by atoms with Crippen LogP contribution in [-0.2, 0) is 16.0 Å². The summed E-state index contributed by atoms with van der Waals surface area (Å²) in [5.74, 6) is -3.06. The minimum absolute atomic E-state index is 0.0475. The van der Waals surface area contributed by atoms with E-state index in [9.17, 15) is 18.4 Å². The maximum atomic E-state index is 13.0. The first-order valence-corrected chi connectivity index (χ1v) is 7.90. The fraction of sp³-hybridized carbons (Fsp3) is 0.263. The molecule has 0 saturated carbocycles. The molecule has 0 aromatic heterocycles. The second kappa shape index (κ2) is 8.92. The summed E-state index contributed by atoms with van der Waals surface area (Å²) in [5, 5.41) is 2.64. The number of benzene rings is 2. The summed E-state index contributed by atoms with van der Waals surface area (Å²) in [6.07, 6.45) is 0.959. The zero-order valence-electron chi connectivity index (χ0n) is 13.9. The lowest BCUT2D eigenvalue weighted by atomic mass is 10.1. The molecule has 2 rings (SSSR count). The van der Waals surface area contributed by atoms with Crippen LogP contribution in [0.5, 0.6) is 0 Å². The fourth-order valence-corrected chi connectivity index (χ4v) is 2.14. The van der Waals surface area contributed by atoms with E-state index >= 15 is 0 Å². The Balaban J connectivity index is 1.66. The summed E-state index contributed by atoms with van der Waals surface area (Å²) in [6, 6.07) is 10.7. The van der Waals surface area contributed by atoms with Crippen molar-refractivity contribution in [3.63, 3.8) is 0 Å². The van der Waals surface area contributed by atoms with Gasteiger partial charge in [0.15, 0.2) is 11.6 Å². The second-order valence-electron chi connectivity index (χ2n) is 5.60. The van der Waals surface area contributed by atoms with Crippen molar-refractivity contribution in [3.05, 3.63) is 70.8 Å². The Morgan fingerprint density at radius 1 is 1.04 bits per heavy atom. The fourth-order valence-electron chi connectivity index (χ4n) is 2.14. The zero-order chi connectivity index (χ0) is 18.2. The smallest absolute Gasteiger partial charge is 0.338 e. The Hall–Kier alpha value is -2.76. The van der Waals surface area contributed by atoms with Gasteiger partial charge in [0.05, 0.1) is 12.1 Å². The van der Waals surface area contributed by atoms with Crippen LogP contribution in [0.2, 0.25) is 0 Å². The number of hydrogen-bond acceptors (Lipinski definition) is 3. The van der Waals surface area contributed by atoms with Crippen molar-refractivity contribution >= 4 is 11.9 Å². The van der Waals surface area contributed by atoms with Crippen LogP contribution in [0.3, 0.4) is 0 Å². The van der Waals surface area contributed by atoms with Gasteiger partial charge in [-0.25, -0.2) is 13.6 Å². The van der Waals surface area contributed by atoms with Gasteiger partial charge in [-0.05, 0) is 37.1 Å². The Morgan fingerprint density at radius 2 is 1.76 bits per heavy atom. The van der Waals surface area contributed by atoms with Gasteiger partial charge in [0, 0.05) is 6.42 Å². The number of hydrogen-bond donors (Lipinski definition) is 1. The molecule has 0 unspecified atom stereocenters. The summed E-state index contributed by atoms with van der Waals surface area (Å²) in [5.41, 5.74) is 2.16. The van der Waals surface area contributed by atoms with Crippen LogP contribution in [-0.4, -0.2) is 25.0 Å². The molecule has 0 fully saturated rings. The minimum atomic E-state index is -1.11. The van der Waals surface area contributed by atoms with Crippen molar-refractivity contribution < 1.29 is 23.1 Å². The van der Waals surface area contributed by atoms with Crippen LogP contribution in [0.4, 0.5) is 8.78 Å². The van der Waals surface area contributed by atoms with Crippen molar-refractivity contribution in [2.24, 2.45) is 0 Å². The molecule has 0 aliphatic heterocycles. The third kappa shape index (κ3) is 5.99. The van der Waals surface area contributed by atoms with Crippen LogP contribution >= 0.6 is 0 Å². The third-order valence-electron chi connectivity index (χ3n) is 3.57. The topological polar surface area (TPSA) is 55.4 Å². The summed E-state index contributed by atoms with van der Waals surface area (Å²) < 4.78 is 30.7. The molecule has 0 aliphatic carbocycles. The first-order valence-electron chi connectivity index (χ1n) is 7.90. The number of carbonyl (C=O) groups excluding carboxylic acids is 2. The van der Waals surface area contributed by atoms with Crippen molar-refractivity contribution in [2.45, 2.75) is 19.8 Å². The van der Waals surface area contributed by atoms with Gasteiger partial charge < -0.3 is 10.1 Å². The van der Waals surface area contributed by atoms with Crippen molar-refractivity contribution in [1.29, 1.82) is 0 Å². The van der Waals surface area contributed by atoms with Gasteiger partial charge in [-0.3, -0.25) is 4.79 Å². The largest absolute Gasteiger partial charge is 0.460 e. The van der Waals surface area contributed by atoms with Crippen LogP contribution in [0.1, 0.15) is 27.9 Å². The Kier molecular flexibility index (Phi) is 6.62. The van der Waals surface area contributed by atoms with E-state index in [-0.39, 0.29) is 24.6 Å². The number of rotatable bonds is 7. The molecule has 0 saturated heterocycles. The highest BCUT2D eigenvalue weighted by atomic mass is 19.2. The standard InChI is InChI=1S/C19H19F2NO3/c1-13-2-4-14(5-3-13)6-9-18(23)22-10-11-25-19(24)15-7-8-16(20)17(21)12-15/h2-5,7-8,12H,6,9-11H2,1H3,(H,22,23). The van der Waals surface area contributed by atoms with Crippen LogP contribution in [0, 0.1) is 18.6 Å². The zero-order valence-corrected chi connectivity index (χ0v) is 13.9. The van der Waals surface area contributed by atoms with E-state index in [1.807, 2.05) is 31.2 Å². The monoisotopic (exact) mass is 347 g/mol. The average Bonchev–Trinajstić information content (AvgIpc) is 2.60. The molecule has 4 nitrogen and oxygen atoms in total. The van der Waals surface area contributed by atoms with E-state index in [2.05, 4.69) is 5.32 Å². The van der Waals surface area contributed by atoms with E-state index in [1.165, 1.54) is 0 Å². The van der Waals surface area contributed by atoms with Gasteiger partial charge in [-0.15, -0.1) is 0 Å². The average molecular weight is 347 g/mol. The normalized spacial score (nSPS) is 10.4. The van der Waals surface area contributed by atoms with Crippen molar-refractivity contribution in [2.75, 3.05) is 13.2 Å². The van der Waals surface area contributed by atoms with Gasteiger partial charge in [-0.1, -0.05) is 29.8 Å². The van der Waals surface area contributed by atoms with Crippen LogP contribution in [0.25, 0.3) is 0 Å². The molecule has 1 N–H and O–H groups in total. The number of amides is 1. The van der Waals surface area contributed by atoms with E-state index in [1.54, 1.807) is 0 Å². The van der Waals surface area contributed by atoms with Gasteiger partial charge in [-0.2, -0.15) is 0 Å². The highest BCUT2D eigenvalue weighted by Gasteiger charge is 2.11. The van der Waals surface area contributed by atoms with E-state index in [4.69, 9.17) is 4.74 Å². The maximum absolute atomic E-state index is 13.0. The molecular formula is C19H19F2NO3. The van der Waals surface area contributed by atoms with E-state index in [0.29, 0.717) is 12.8 Å². The molecule has 0 aliphatic rings. The summed E-state index contributed by atoms with van der Waals surface area (Å²) in [4.78, 5) is 23.4. The number of esters is 1. The first kappa shape index (κ1) is 18.6. The number of aryl methyl sites for hydroxylation is 2. The predicted molar refractivity (Wildman–Crippen MR) is 89.2 cm³/mol. The van der Waals surface area contributed by atoms with Gasteiger partial charge >= 0.3 is 5.97 Å². The molecule has 2 aromatic carbocycles. The summed E-state index contributed by atoms with van der Waals surface area (Å²) in [6.45, 7) is 2.11. The number of ether oxygens (including phenoxy) is 1. The number of carbonyl (C=O) groups is 2. The molecule has 0 radical (unpaired) electrons. The molecule has 2 aromatic rings. The first-order chi connectivity index (χ1) is 12.0. The Bertz CT molecular complexity index is 745. The minimum Gasteiger partial charge on any atom is -0.460 e. The van der Waals surface area contributed by atoms with Crippen LogP contribution < -0.4 is 5.32 Å². The number of halogens is 2. The second-order valence-corrected chi connectivity index (χ2v) is 5.60. The lowest BCUT2D eigenvalue weighted by molar-refractivity contribution is -0.121. The maximum Gasteiger partial charge on any atom is 0.338 e.